The van der Waals surface area contributed by atoms with Crippen molar-refractivity contribution in [2.75, 3.05) is 19.0 Å². The van der Waals surface area contributed by atoms with Crippen LogP contribution in [0.1, 0.15) is 10.6 Å². The molecule has 2 heterocycles. The Balaban J connectivity index is 1.88. The number of nitrogens with zero attached hydrogens (tertiary/aromatic N) is 3. The lowest BCUT2D eigenvalue weighted by Crippen LogP contribution is -2.20. The molecule has 0 amide bonds. The molecule has 1 N–H and O–H groups in total. The fraction of sp³-hybridized carbons (Fsp3) is 0.188. The molecular formula is C16H16N4O3. The molecule has 3 rings (SSSR count). The minimum atomic E-state index is -0.302. The molecule has 0 unspecified atom stereocenters. The topological polar surface area (TPSA) is 82.2 Å². The van der Waals surface area contributed by atoms with Gasteiger partial charge in [0.05, 0.1) is 12.8 Å². The monoisotopic (exact) mass is 312 g/mol. The van der Waals surface area contributed by atoms with Crippen molar-refractivity contribution in [3.05, 3.63) is 54.5 Å². The third-order valence-corrected chi connectivity index (χ3v) is 3.14. The summed E-state index contributed by atoms with van der Waals surface area (Å²) in [4.78, 5) is 16.5. The summed E-state index contributed by atoms with van der Waals surface area (Å²) < 4.78 is 11.4. The van der Waals surface area contributed by atoms with Gasteiger partial charge in [0.15, 0.2) is 5.82 Å². The van der Waals surface area contributed by atoms with Gasteiger partial charge in [-0.05, 0) is 12.1 Å². The van der Waals surface area contributed by atoms with E-state index >= 15 is 0 Å². The maximum Gasteiger partial charge on any atom is 0.276 e. The van der Waals surface area contributed by atoms with Crippen LogP contribution in [0.5, 0.6) is 0 Å². The van der Waals surface area contributed by atoms with E-state index in [9.17, 15) is 4.79 Å². The summed E-state index contributed by atoms with van der Waals surface area (Å²) in [6.07, 6.45) is 1.59. The molecule has 0 bridgehead atoms. The number of carbonyl (C=O) groups is 1. The highest BCUT2D eigenvalue weighted by atomic mass is 16.5. The predicted molar refractivity (Wildman–Crippen MR) is 84.0 cm³/mol. The summed E-state index contributed by atoms with van der Waals surface area (Å²) in [6, 6.07) is 13.1. The zero-order chi connectivity index (χ0) is 16.1. The second kappa shape index (κ2) is 6.89. The lowest BCUT2D eigenvalue weighted by molar-refractivity contribution is 0.0748. The van der Waals surface area contributed by atoms with Crippen LogP contribution < -0.4 is 5.32 Å². The average molecular weight is 312 g/mol. The van der Waals surface area contributed by atoms with Crippen molar-refractivity contribution >= 4 is 11.9 Å². The van der Waals surface area contributed by atoms with E-state index in [2.05, 4.69) is 15.4 Å². The van der Waals surface area contributed by atoms with Crippen molar-refractivity contribution < 1.29 is 13.9 Å². The van der Waals surface area contributed by atoms with Gasteiger partial charge in [0.25, 0.3) is 5.91 Å². The van der Waals surface area contributed by atoms with Gasteiger partial charge in [-0.1, -0.05) is 30.3 Å². The molecule has 0 aliphatic heterocycles. The SMILES string of the molecule is COCC(=O)n1nc(-c2ccccc2)nc1NCc1ccco1. The number of nitrogens with one attached hydrogen (secondary N) is 1. The van der Waals surface area contributed by atoms with Crippen LogP contribution in [0.3, 0.4) is 0 Å². The Morgan fingerprint density at radius 2 is 2.09 bits per heavy atom. The van der Waals surface area contributed by atoms with Gasteiger partial charge >= 0.3 is 0 Å². The van der Waals surface area contributed by atoms with Crippen LogP contribution in [0.4, 0.5) is 5.95 Å². The Hall–Kier alpha value is -2.93. The molecule has 7 nitrogen and oxygen atoms in total. The van der Waals surface area contributed by atoms with Crippen LogP contribution >= 0.6 is 0 Å². The number of anilines is 1. The molecule has 3 aromatic rings. The molecule has 23 heavy (non-hydrogen) atoms. The maximum absolute atomic E-state index is 12.1. The van der Waals surface area contributed by atoms with E-state index in [4.69, 9.17) is 9.15 Å². The third-order valence-electron chi connectivity index (χ3n) is 3.14. The molecule has 7 heteroatoms. The summed E-state index contributed by atoms with van der Waals surface area (Å²) in [7, 11) is 1.46. The van der Waals surface area contributed by atoms with Gasteiger partial charge < -0.3 is 14.5 Å². The number of rotatable bonds is 6. The summed E-state index contributed by atoms with van der Waals surface area (Å²) in [5.74, 6) is 1.25. The molecule has 0 saturated heterocycles. The van der Waals surface area contributed by atoms with Gasteiger partial charge in [-0.25, -0.2) is 0 Å². The number of benzene rings is 1. The van der Waals surface area contributed by atoms with E-state index in [1.807, 2.05) is 36.4 Å². The molecule has 0 radical (unpaired) electrons. The van der Waals surface area contributed by atoms with E-state index in [1.54, 1.807) is 12.3 Å². The predicted octanol–water partition coefficient (Wildman–Crippen LogP) is 2.44. The Morgan fingerprint density at radius 3 is 2.78 bits per heavy atom. The van der Waals surface area contributed by atoms with Gasteiger partial charge in [-0.3, -0.25) is 4.79 Å². The molecule has 0 fully saturated rings. The van der Waals surface area contributed by atoms with E-state index in [1.165, 1.54) is 11.8 Å². The Labute approximate surface area is 132 Å². The van der Waals surface area contributed by atoms with Crippen LogP contribution in [0.2, 0.25) is 0 Å². The smallest absolute Gasteiger partial charge is 0.276 e. The molecule has 0 saturated carbocycles. The zero-order valence-electron chi connectivity index (χ0n) is 12.6. The molecule has 0 aliphatic rings. The van der Waals surface area contributed by atoms with E-state index in [0.717, 1.165) is 11.3 Å². The lowest BCUT2D eigenvalue weighted by atomic mass is 10.2. The van der Waals surface area contributed by atoms with Crippen LogP contribution in [-0.4, -0.2) is 34.4 Å². The summed E-state index contributed by atoms with van der Waals surface area (Å²) in [5.41, 5.74) is 0.831. The second-order valence-electron chi connectivity index (χ2n) is 4.80. The highest BCUT2D eigenvalue weighted by Crippen LogP contribution is 2.18. The molecule has 0 aliphatic carbocycles. The van der Waals surface area contributed by atoms with Crippen molar-refractivity contribution in [1.82, 2.24) is 14.8 Å². The first-order chi connectivity index (χ1) is 11.3. The number of hydrogen-bond donors (Lipinski definition) is 1. The van der Waals surface area contributed by atoms with Crippen molar-refractivity contribution in [3.8, 4) is 11.4 Å². The third kappa shape index (κ3) is 3.46. The van der Waals surface area contributed by atoms with Gasteiger partial charge in [-0.15, -0.1) is 5.10 Å². The molecule has 0 atom stereocenters. The van der Waals surface area contributed by atoms with Crippen molar-refractivity contribution in [2.45, 2.75) is 6.54 Å². The van der Waals surface area contributed by atoms with Crippen LogP contribution in [0.15, 0.2) is 53.1 Å². The number of aromatic nitrogens is 3. The molecule has 1 aromatic carbocycles. The minimum absolute atomic E-state index is 0.0764. The minimum Gasteiger partial charge on any atom is -0.467 e. The first kappa shape index (κ1) is 15.0. The number of ether oxygens (including phenoxy) is 1. The van der Waals surface area contributed by atoms with E-state index in [-0.39, 0.29) is 12.5 Å². The van der Waals surface area contributed by atoms with Crippen molar-refractivity contribution in [3.63, 3.8) is 0 Å². The van der Waals surface area contributed by atoms with Gasteiger partial charge in [0.1, 0.15) is 12.4 Å². The molecular weight excluding hydrogens is 296 g/mol. The van der Waals surface area contributed by atoms with Gasteiger partial charge in [-0.2, -0.15) is 9.67 Å². The largest absolute Gasteiger partial charge is 0.467 e. The fourth-order valence-corrected chi connectivity index (χ4v) is 2.07. The van der Waals surface area contributed by atoms with Gasteiger partial charge in [0.2, 0.25) is 5.95 Å². The number of carbonyl (C=O) groups excluding carboxylic acids is 1. The quantitative estimate of drug-likeness (QED) is 0.753. The van der Waals surface area contributed by atoms with Crippen molar-refractivity contribution in [2.24, 2.45) is 0 Å². The second-order valence-corrected chi connectivity index (χ2v) is 4.80. The van der Waals surface area contributed by atoms with Crippen LogP contribution in [0, 0.1) is 0 Å². The summed E-state index contributed by atoms with van der Waals surface area (Å²) >= 11 is 0. The fourth-order valence-electron chi connectivity index (χ4n) is 2.07. The van der Waals surface area contributed by atoms with E-state index < -0.39 is 0 Å². The zero-order valence-corrected chi connectivity index (χ0v) is 12.6. The van der Waals surface area contributed by atoms with Gasteiger partial charge in [0, 0.05) is 12.7 Å². The Bertz CT molecular complexity index is 766. The molecule has 0 spiro atoms. The molecule has 118 valence electrons. The lowest BCUT2D eigenvalue weighted by Gasteiger charge is -2.05. The summed E-state index contributed by atoms with van der Waals surface area (Å²) in [6.45, 7) is 0.327. The Morgan fingerprint density at radius 1 is 1.26 bits per heavy atom. The van der Waals surface area contributed by atoms with Crippen molar-refractivity contribution in [1.29, 1.82) is 0 Å². The van der Waals surface area contributed by atoms with Crippen LogP contribution in [-0.2, 0) is 11.3 Å². The maximum atomic E-state index is 12.1. The first-order valence-electron chi connectivity index (χ1n) is 7.09. The average Bonchev–Trinajstić information content (AvgIpc) is 3.23. The normalized spacial score (nSPS) is 10.7. The highest BCUT2D eigenvalue weighted by molar-refractivity contribution is 5.82. The standard InChI is InChI=1S/C16H16N4O3/c1-22-11-14(21)20-16(17-10-13-8-5-9-23-13)18-15(19-20)12-6-3-2-4-7-12/h2-9H,10-11H2,1H3,(H,17,18,19). The number of methoxy groups -OCH3 is 1. The number of hydrogen-bond acceptors (Lipinski definition) is 6. The first-order valence-corrected chi connectivity index (χ1v) is 7.09. The summed E-state index contributed by atoms with van der Waals surface area (Å²) in [5, 5.41) is 7.35. The number of furan rings is 1. The van der Waals surface area contributed by atoms with E-state index in [0.29, 0.717) is 18.3 Å². The Kier molecular flexibility index (Phi) is 4.49. The highest BCUT2D eigenvalue weighted by Gasteiger charge is 2.17. The molecule has 2 aromatic heterocycles. The van der Waals surface area contributed by atoms with Crippen LogP contribution in [0.25, 0.3) is 11.4 Å².